The van der Waals surface area contributed by atoms with Crippen LogP contribution in [0.1, 0.15) is 47.3 Å². The lowest BCUT2D eigenvalue weighted by atomic mass is 10.0. The summed E-state index contributed by atoms with van der Waals surface area (Å²) >= 11 is 0. The second-order valence-corrected chi connectivity index (χ2v) is 6.68. The summed E-state index contributed by atoms with van der Waals surface area (Å²) in [6.07, 6.45) is -0.261. The SMILES string of the molecule is Cc1c(C2Nc3ccccc3C(=O)N2CC(C)C)cc(C#N)n1C. The Bertz CT molecular complexity index is 828. The van der Waals surface area contributed by atoms with Crippen molar-refractivity contribution in [2.24, 2.45) is 13.0 Å². The van der Waals surface area contributed by atoms with Crippen LogP contribution in [-0.4, -0.2) is 21.9 Å². The minimum Gasteiger partial charge on any atom is -0.361 e. The number of benzene rings is 1. The highest BCUT2D eigenvalue weighted by atomic mass is 16.2. The van der Waals surface area contributed by atoms with Gasteiger partial charge < -0.3 is 14.8 Å². The maximum Gasteiger partial charge on any atom is 0.257 e. The molecule has 0 fully saturated rings. The number of fused-ring (bicyclic) bond motifs is 1. The Labute approximate surface area is 142 Å². The van der Waals surface area contributed by atoms with Crippen LogP contribution in [0.5, 0.6) is 0 Å². The predicted molar refractivity (Wildman–Crippen MR) is 93.5 cm³/mol. The summed E-state index contributed by atoms with van der Waals surface area (Å²) < 4.78 is 1.87. The molecule has 24 heavy (non-hydrogen) atoms. The van der Waals surface area contributed by atoms with Gasteiger partial charge in [-0.25, -0.2) is 0 Å². The fraction of sp³-hybridized carbons (Fsp3) is 0.368. The lowest BCUT2D eigenvalue weighted by molar-refractivity contribution is 0.0657. The average molecular weight is 322 g/mol. The summed E-state index contributed by atoms with van der Waals surface area (Å²) in [5.74, 6) is 0.382. The van der Waals surface area contributed by atoms with E-state index in [1.165, 1.54) is 0 Å². The molecule has 1 aromatic carbocycles. The largest absolute Gasteiger partial charge is 0.361 e. The third kappa shape index (κ3) is 2.54. The molecule has 5 nitrogen and oxygen atoms in total. The Morgan fingerprint density at radius 1 is 1.33 bits per heavy atom. The van der Waals surface area contributed by atoms with Crippen molar-refractivity contribution in [1.82, 2.24) is 9.47 Å². The molecule has 5 heteroatoms. The van der Waals surface area contributed by atoms with Gasteiger partial charge in [-0.3, -0.25) is 4.79 Å². The Hall–Kier alpha value is -2.74. The van der Waals surface area contributed by atoms with Gasteiger partial charge in [0.05, 0.1) is 5.56 Å². The quantitative estimate of drug-likeness (QED) is 0.942. The number of nitrogens with one attached hydrogen (secondary N) is 1. The molecule has 2 aromatic rings. The average Bonchev–Trinajstić information content (AvgIpc) is 2.85. The Balaban J connectivity index is 2.11. The number of aromatic nitrogens is 1. The van der Waals surface area contributed by atoms with Crippen molar-refractivity contribution in [3.8, 4) is 6.07 Å². The normalized spacial score (nSPS) is 16.8. The van der Waals surface area contributed by atoms with Crippen LogP contribution >= 0.6 is 0 Å². The Morgan fingerprint density at radius 3 is 2.67 bits per heavy atom. The summed E-state index contributed by atoms with van der Waals surface area (Å²) in [6.45, 7) is 6.84. The second kappa shape index (κ2) is 6.04. The monoisotopic (exact) mass is 322 g/mol. The number of hydrogen-bond acceptors (Lipinski definition) is 3. The number of anilines is 1. The zero-order valence-corrected chi connectivity index (χ0v) is 14.5. The minimum absolute atomic E-state index is 0.0322. The van der Waals surface area contributed by atoms with Gasteiger partial charge in [-0.05, 0) is 31.0 Å². The highest BCUT2D eigenvalue weighted by Crippen LogP contribution is 2.35. The molecule has 124 valence electrons. The summed E-state index contributed by atoms with van der Waals surface area (Å²) in [5.41, 5.74) is 4.10. The van der Waals surface area contributed by atoms with Gasteiger partial charge in [0.1, 0.15) is 17.9 Å². The fourth-order valence-electron chi connectivity index (χ4n) is 3.23. The number of amides is 1. The van der Waals surface area contributed by atoms with Crippen LogP contribution in [-0.2, 0) is 7.05 Å². The molecule has 1 aliphatic rings. The zero-order valence-electron chi connectivity index (χ0n) is 14.5. The number of carbonyl (C=O) groups is 1. The first-order valence-corrected chi connectivity index (χ1v) is 8.17. The molecule has 0 bridgehead atoms. The van der Waals surface area contributed by atoms with Gasteiger partial charge >= 0.3 is 0 Å². The molecule has 1 N–H and O–H groups in total. The third-order valence-electron chi connectivity index (χ3n) is 4.57. The lowest BCUT2D eigenvalue weighted by Crippen LogP contribution is -2.44. The molecule has 1 amide bonds. The molecule has 0 saturated heterocycles. The molecule has 0 aliphatic carbocycles. The molecule has 1 aromatic heterocycles. The first-order valence-electron chi connectivity index (χ1n) is 8.17. The summed E-state index contributed by atoms with van der Waals surface area (Å²) in [7, 11) is 1.88. The van der Waals surface area contributed by atoms with E-state index in [-0.39, 0.29) is 12.1 Å². The van der Waals surface area contributed by atoms with Crippen LogP contribution in [0.3, 0.4) is 0 Å². The van der Waals surface area contributed by atoms with Crippen molar-refractivity contribution < 1.29 is 4.79 Å². The van der Waals surface area contributed by atoms with E-state index in [1.807, 2.05) is 53.8 Å². The third-order valence-corrected chi connectivity index (χ3v) is 4.57. The second-order valence-electron chi connectivity index (χ2n) is 6.68. The van der Waals surface area contributed by atoms with E-state index < -0.39 is 0 Å². The van der Waals surface area contributed by atoms with Crippen molar-refractivity contribution >= 4 is 11.6 Å². The topological polar surface area (TPSA) is 61.1 Å². The molecule has 2 heterocycles. The molecule has 1 atom stereocenters. The van der Waals surface area contributed by atoms with E-state index in [2.05, 4.69) is 25.2 Å². The number of para-hydroxylation sites is 1. The van der Waals surface area contributed by atoms with Crippen LogP contribution in [0, 0.1) is 24.2 Å². The van der Waals surface area contributed by atoms with Gasteiger partial charge in [-0.15, -0.1) is 0 Å². The van der Waals surface area contributed by atoms with Gasteiger partial charge in [-0.2, -0.15) is 5.26 Å². The molecule has 0 saturated carbocycles. The molecule has 3 rings (SSSR count). The van der Waals surface area contributed by atoms with Gasteiger partial charge in [0, 0.05) is 30.5 Å². The molecule has 0 radical (unpaired) electrons. The van der Waals surface area contributed by atoms with E-state index in [0.29, 0.717) is 23.7 Å². The number of rotatable bonds is 3. The minimum atomic E-state index is -0.261. The van der Waals surface area contributed by atoms with E-state index in [1.54, 1.807) is 0 Å². The van der Waals surface area contributed by atoms with Crippen molar-refractivity contribution in [2.75, 3.05) is 11.9 Å². The first-order chi connectivity index (χ1) is 11.4. The van der Waals surface area contributed by atoms with Crippen LogP contribution in [0.2, 0.25) is 0 Å². The van der Waals surface area contributed by atoms with Crippen molar-refractivity contribution in [3.63, 3.8) is 0 Å². The van der Waals surface area contributed by atoms with E-state index in [9.17, 15) is 10.1 Å². The predicted octanol–water partition coefficient (Wildman–Crippen LogP) is 3.43. The molecular formula is C19H22N4O. The highest BCUT2D eigenvalue weighted by Gasteiger charge is 2.34. The van der Waals surface area contributed by atoms with Gasteiger partial charge in [-0.1, -0.05) is 26.0 Å². The van der Waals surface area contributed by atoms with Gasteiger partial charge in [0.2, 0.25) is 0 Å². The summed E-state index contributed by atoms with van der Waals surface area (Å²) in [4.78, 5) is 14.9. The van der Waals surface area contributed by atoms with E-state index in [4.69, 9.17) is 0 Å². The maximum absolute atomic E-state index is 13.0. The van der Waals surface area contributed by atoms with Crippen molar-refractivity contribution in [2.45, 2.75) is 26.9 Å². The number of carbonyl (C=O) groups excluding carboxylic acids is 1. The molecule has 1 unspecified atom stereocenters. The molecular weight excluding hydrogens is 300 g/mol. The molecule has 0 spiro atoms. The molecule has 1 aliphatic heterocycles. The maximum atomic E-state index is 13.0. The summed E-state index contributed by atoms with van der Waals surface area (Å²) in [5, 5.41) is 12.8. The van der Waals surface area contributed by atoms with Crippen LogP contribution in [0.15, 0.2) is 30.3 Å². The lowest BCUT2D eigenvalue weighted by Gasteiger charge is -2.39. The fourth-order valence-corrected chi connectivity index (χ4v) is 3.23. The number of nitriles is 1. The Morgan fingerprint density at radius 2 is 2.04 bits per heavy atom. The van der Waals surface area contributed by atoms with E-state index >= 15 is 0 Å². The number of hydrogen-bond donors (Lipinski definition) is 1. The van der Waals surface area contributed by atoms with Crippen LogP contribution < -0.4 is 5.32 Å². The highest BCUT2D eigenvalue weighted by molar-refractivity contribution is 6.01. The van der Waals surface area contributed by atoms with E-state index in [0.717, 1.165) is 16.9 Å². The van der Waals surface area contributed by atoms with Gasteiger partial charge in [0.25, 0.3) is 5.91 Å². The standard InChI is InChI=1S/C19H22N4O/c1-12(2)11-23-18(16-9-14(10-20)22(4)13(16)3)21-17-8-6-5-7-15(17)19(23)24/h5-9,12,18,21H,11H2,1-4H3. The van der Waals surface area contributed by atoms with Crippen molar-refractivity contribution in [1.29, 1.82) is 5.26 Å². The zero-order chi connectivity index (χ0) is 17.4. The number of nitrogens with zero attached hydrogens (tertiary/aromatic N) is 3. The van der Waals surface area contributed by atoms with Crippen molar-refractivity contribution in [3.05, 3.63) is 52.8 Å². The van der Waals surface area contributed by atoms with Gasteiger partial charge in [0.15, 0.2) is 0 Å². The van der Waals surface area contributed by atoms with Crippen LogP contribution in [0.4, 0.5) is 5.69 Å². The first kappa shape index (κ1) is 16.1. The van der Waals surface area contributed by atoms with Crippen LogP contribution in [0.25, 0.3) is 0 Å². The Kier molecular flexibility index (Phi) is 4.06. The summed E-state index contributed by atoms with van der Waals surface area (Å²) in [6, 6.07) is 11.7. The smallest absolute Gasteiger partial charge is 0.257 e.